The van der Waals surface area contributed by atoms with Gasteiger partial charge in [-0.15, -0.1) is 0 Å². The van der Waals surface area contributed by atoms with Crippen LogP contribution >= 0.6 is 22.6 Å². The number of carbonyl (C=O) groups is 3. The van der Waals surface area contributed by atoms with E-state index in [4.69, 9.17) is 0 Å². The number of imidazole rings is 1. The molecular formula is C25H33IN6O3. The second-order valence-corrected chi connectivity index (χ2v) is 9.99. The predicted molar refractivity (Wildman–Crippen MR) is 143 cm³/mol. The molecule has 0 saturated carbocycles. The van der Waals surface area contributed by atoms with Crippen LogP contribution in [-0.4, -0.2) is 62.5 Å². The van der Waals surface area contributed by atoms with Gasteiger partial charge >= 0.3 is 12.1 Å². The molecule has 1 aromatic carbocycles. The Hall–Kier alpha value is -2.63. The topological polar surface area (TPSA) is 99.6 Å². The summed E-state index contributed by atoms with van der Waals surface area (Å²) in [6, 6.07) is 6.84. The number of nitrogens with one attached hydrogen (secondary N) is 2. The lowest BCUT2D eigenvalue weighted by atomic mass is 10.0. The maximum Gasteiger partial charge on any atom is 0.330 e. The quantitative estimate of drug-likeness (QED) is 0.353. The van der Waals surface area contributed by atoms with Crippen LogP contribution in [0.5, 0.6) is 0 Å². The van der Waals surface area contributed by atoms with Gasteiger partial charge in [0, 0.05) is 29.2 Å². The molecule has 2 aliphatic rings. The number of carbonyl (C=O) groups excluding carboxylic acids is 3. The van der Waals surface area contributed by atoms with Crippen molar-refractivity contribution in [1.29, 1.82) is 0 Å². The molecule has 3 heterocycles. The Morgan fingerprint density at radius 1 is 1.20 bits per heavy atom. The number of alkyl halides is 1. The van der Waals surface area contributed by atoms with Crippen molar-refractivity contribution in [3.63, 3.8) is 0 Å². The summed E-state index contributed by atoms with van der Waals surface area (Å²) in [6.07, 6.45) is 5.61. The van der Waals surface area contributed by atoms with Gasteiger partial charge < -0.3 is 20.4 Å². The fourth-order valence-corrected chi connectivity index (χ4v) is 5.31. The van der Waals surface area contributed by atoms with E-state index in [9.17, 15) is 14.4 Å². The van der Waals surface area contributed by atoms with Crippen LogP contribution in [0.25, 0.3) is 0 Å². The first-order valence-electron chi connectivity index (χ1n) is 12.3. The van der Waals surface area contributed by atoms with Gasteiger partial charge in [0.15, 0.2) is 0 Å². The van der Waals surface area contributed by atoms with Crippen LogP contribution in [0.15, 0.2) is 30.5 Å². The van der Waals surface area contributed by atoms with Crippen molar-refractivity contribution in [1.82, 2.24) is 24.7 Å². The van der Waals surface area contributed by atoms with E-state index in [1.807, 2.05) is 41.0 Å². The highest BCUT2D eigenvalue weighted by Gasteiger charge is 2.37. The lowest BCUT2D eigenvalue weighted by Gasteiger charge is -2.37. The van der Waals surface area contributed by atoms with Gasteiger partial charge in [-0.05, 0) is 43.9 Å². The van der Waals surface area contributed by atoms with Crippen LogP contribution < -0.4 is 10.6 Å². The molecule has 0 bridgehead atoms. The Bertz CT molecular complexity index is 1060. The molecule has 0 aliphatic carbocycles. The Morgan fingerprint density at radius 2 is 1.91 bits per heavy atom. The van der Waals surface area contributed by atoms with E-state index < -0.39 is 6.04 Å². The standard InChI is InChI=1S/C25H33IN6O3/c1-3-4-5-22(29-24(34)28-19-8-6-18(14-26)7-9-19)23(33)30-12-10-20(11-13-30)31-16-21-15-27-17(2)32(21)25(31)35/h6-9,15,20,22H,3-5,10-14,16H2,1-2H3,(H2,28,29,34)/t22-/m1/s1. The summed E-state index contributed by atoms with van der Waals surface area (Å²) in [5.74, 6) is 0.663. The highest BCUT2D eigenvalue weighted by atomic mass is 127. The number of nitrogens with zero attached hydrogens (tertiary/aromatic N) is 4. The molecule has 2 aromatic rings. The number of piperidine rings is 1. The number of fused-ring (bicyclic) bond motifs is 1. The number of benzene rings is 1. The Morgan fingerprint density at radius 3 is 2.54 bits per heavy atom. The molecule has 0 radical (unpaired) electrons. The summed E-state index contributed by atoms with van der Waals surface area (Å²) < 4.78 is 2.58. The van der Waals surface area contributed by atoms with Gasteiger partial charge in [-0.2, -0.15) is 0 Å². The van der Waals surface area contributed by atoms with Crippen LogP contribution in [0.2, 0.25) is 0 Å². The molecule has 4 rings (SSSR count). The van der Waals surface area contributed by atoms with Crippen LogP contribution in [-0.2, 0) is 15.8 Å². The fourth-order valence-electron chi connectivity index (χ4n) is 4.81. The fraction of sp³-hybridized carbons (Fsp3) is 0.520. The zero-order valence-electron chi connectivity index (χ0n) is 20.3. The van der Waals surface area contributed by atoms with Crippen LogP contribution in [0, 0.1) is 6.92 Å². The third-order valence-corrected chi connectivity index (χ3v) is 7.69. The number of hydrogen-bond acceptors (Lipinski definition) is 4. The van der Waals surface area contributed by atoms with Crippen molar-refractivity contribution in [2.75, 3.05) is 18.4 Å². The van der Waals surface area contributed by atoms with E-state index in [1.165, 1.54) is 5.56 Å². The molecule has 2 N–H and O–H groups in total. The van der Waals surface area contributed by atoms with Gasteiger partial charge in [0.2, 0.25) is 5.91 Å². The lowest BCUT2D eigenvalue weighted by Crippen LogP contribution is -2.53. The molecule has 1 fully saturated rings. The summed E-state index contributed by atoms with van der Waals surface area (Å²) >= 11 is 2.30. The molecule has 0 spiro atoms. The third-order valence-electron chi connectivity index (χ3n) is 6.81. The number of unbranched alkanes of at least 4 members (excludes halogenated alkanes) is 1. The maximum absolute atomic E-state index is 13.3. The van der Waals surface area contributed by atoms with E-state index in [0.29, 0.717) is 37.6 Å². The number of halogens is 1. The van der Waals surface area contributed by atoms with Crippen molar-refractivity contribution in [2.45, 2.75) is 69.0 Å². The monoisotopic (exact) mass is 592 g/mol. The van der Waals surface area contributed by atoms with Crippen molar-refractivity contribution in [2.24, 2.45) is 0 Å². The molecule has 35 heavy (non-hydrogen) atoms. The van der Waals surface area contributed by atoms with E-state index in [0.717, 1.165) is 35.8 Å². The molecule has 1 atom stereocenters. The molecular weight excluding hydrogens is 559 g/mol. The SMILES string of the molecule is CCCC[C@@H](NC(=O)Nc1ccc(CI)cc1)C(=O)N1CCC(N2Cc3cnc(C)n3C2=O)CC1. The average molecular weight is 592 g/mol. The molecule has 4 amide bonds. The first kappa shape index (κ1) is 25.5. The number of anilines is 1. The highest BCUT2D eigenvalue weighted by Crippen LogP contribution is 2.26. The largest absolute Gasteiger partial charge is 0.341 e. The number of amides is 4. The molecule has 0 unspecified atom stereocenters. The normalized spacial score (nSPS) is 16.8. The molecule has 10 heteroatoms. The van der Waals surface area contributed by atoms with Crippen molar-refractivity contribution in [3.05, 3.63) is 47.5 Å². The number of aryl methyl sites for hydroxylation is 1. The zero-order chi connectivity index (χ0) is 24.9. The zero-order valence-corrected chi connectivity index (χ0v) is 22.5. The molecule has 9 nitrogen and oxygen atoms in total. The summed E-state index contributed by atoms with van der Waals surface area (Å²) in [5, 5.41) is 5.74. The number of aromatic nitrogens is 2. The minimum absolute atomic E-state index is 0.0227. The second kappa shape index (κ2) is 11.4. The predicted octanol–water partition coefficient (Wildman–Crippen LogP) is 4.28. The van der Waals surface area contributed by atoms with Crippen molar-refractivity contribution >= 4 is 46.2 Å². The van der Waals surface area contributed by atoms with Gasteiger partial charge in [0.25, 0.3) is 0 Å². The van der Waals surface area contributed by atoms with Crippen LogP contribution in [0.1, 0.15) is 56.1 Å². The molecule has 2 aliphatic heterocycles. The summed E-state index contributed by atoms with van der Waals surface area (Å²) in [7, 11) is 0. The minimum atomic E-state index is -0.567. The lowest BCUT2D eigenvalue weighted by molar-refractivity contribution is -0.134. The summed E-state index contributed by atoms with van der Waals surface area (Å²) in [4.78, 5) is 46.8. The van der Waals surface area contributed by atoms with E-state index in [1.54, 1.807) is 10.8 Å². The van der Waals surface area contributed by atoms with E-state index in [-0.39, 0.29) is 24.0 Å². The van der Waals surface area contributed by atoms with Gasteiger partial charge in [-0.25, -0.2) is 14.6 Å². The van der Waals surface area contributed by atoms with E-state index >= 15 is 0 Å². The summed E-state index contributed by atoms with van der Waals surface area (Å²) in [5.41, 5.74) is 2.81. The minimum Gasteiger partial charge on any atom is -0.341 e. The summed E-state index contributed by atoms with van der Waals surface area (Å²) in [6.45, 7) is 5.62. The highest BCUT2D eigenvalue weighted by molar-refractivity contribution is 14.1. The number of urea groups is 1. The van der Waals surface area contributed by atoms with Crippen molar-refractivity contribution < 1.29 is 14.4 Å². The van der Waals surface area contributed by atoms with Crippen molar-refractivity contribution in [3.8, 4) is 0 Å². The molecule has 188 valence electrons. The Kier molecular flexibility index (Phi) is 8.30. The number of rotatable bonds is 8. The number of likely N-dealkylation sites (tertiary alicyclic amines) is 1. The van der Waals surface area contributed by atoms with Gasteiger partial charge in [0.05, 0.1) is 18.4 Å². The van der Waals surface area contributed by atoms with Crippen LogP contribution in [0.3, 0.4) is 0 Å². The first-order valence-corrected chi connectivity index (χ1v) is 13.8. The number of hydrogen-bond donors (Lipinski definition) is 2. The van der Waals surface area contributed by atoms with Gasteiger partial charge in [0.1, 0.15) is 11.9 Å². The van der Waals surface area contributed by atoms with Gasteiger partial charge in [-0.3, -0.25) is 9.36 Å². The smallest absolute Gasteiger partial charge is 0.330 e. The Balaban J connectivity index is 1.32. The third kappa shape index (κ3) is 5.79. The van der Waals surface area contributed by atoms with Gasteiger partial charge in [-0.1, -0.05) is 54.5 Å². The van der Waals surface area contributed by atoms with Crippen LogP contribution in [0.4, 0.5) is 15.3 Å². The Labute approximate surface area is 219 Å². The first-order chi connectivity index (χ1) is 16.9. The second-order valence-electron chi connectivity index (χ2n) is 9.22. The molecule has 1 aromatic heterocycles. The van der Waals surface area contributed by atoms with E-state index in [2.05, 4.69) is 45.1 Å². The molecule has 1 saturated heterocycles. The maximum atomic E-state index is 13.3. The average Bonchev–Trinajstić information content (AvgIpc) is 3.41.